The lowest BCUT2D eigenvalue weighted by molar-refractivity contribution is -0.114. The van der Waals surface area contributed by atoms with E-state index >= 15 is 0 Å². The Morgan fingerprint density at radius 1 is 1.04 bits per heavy atom. The molecule has 0 atom stereocenters. The highest BCUT2D eigenvalue weighted by Crippen LogP contribution is 2.38. The van der Waals surface area contributed by atoms with E-state index in [1.165, 1.54) is 12.1 Å². The van der Waals surface area contributed by atoms with E-state index in [4.69, 9.17) is 5.26 Å². The molecule has 0 N–H and O–H groups in total. The van der Waals surface area contributed by atoms with Gasteiger partial charge in [-0.3, -0.25) is 4.79 Å². The van der Waals surface area contributed by atoms with Gasteiger partial charge in [0.25, 0.3) is 0 Å². The van der Waals surface area contributed by atoms with Gasteiger partial charge in [-0.05, 0) is 54.1 Å². The average Bonchev–Trinajstić information content (AvgIpc) is 2.69. The van der Waals surface area contributed by atoms with Gasteiger partial charge in [0, 0.05) is 18.7 Å². The number of hydrogen-bond donors (Lipinski definition) is 0. The van der Waals surface area contributed by atoms with Gasteiger partial charge in [0.2, 0.25) is 0 Å². The molecule has 0 radical (unpaired) electrons. The van der Waals surface area contributed by atoms with Crippen molar-refractivity contribution in [2.75, 3.05) is 6.54 Å². The smallest absolute Gasteiger partial charge is 0.167 e. The maximum Gasteiger partial charge on any atom is 0.167 e. The lowest BCUT2D eigenvalue weighted by atomic mass is 9.90. The number of rotatable bonds is 2. The van der Waals surface area contributed by atoms with Crippen molar-refractivity contribution in [3.05, 3.63) is 94.5 Å². The van der Waals surface area contributed by atoms with E-state index < -0.39 is 17.2 Å². The molecule has 0 fully saturated rings. The van der Waals surface area contributed by atoms with Crippen LogP contribution in [0.1, 0.15) is 23.1 Å². The van der Waals surface area contributed by atoms with E-state index in [2.05, 4.69) is 0 Å². The van der Waals surface area contributed by atoms with Gasteiger partial charge in [-0.1, -0.05) is 6.08 Å². The monoisotopic (exact) mass is 378 g/mol. The van der Waals surface area contributed by atoms with Crippen molar-refractivity contribution in [2.24, 2.45) is 0 Å². The lowest BCUT2D eigenvalue weighted by Crippen LogP contribution is -2.32. The van der Waals surface area contributed by atoms with Gasteiger partial charge in [0.15, 0.2) is 5.78 Å². The van der Waals surface area contributed by atoms with Gasteiger partial charge in [0.1, 0.15) is 17.5 Å². The minimum atomic E-state index is -0.958. The number of halogens is 3. The predicted molar refractivity (Wildman–Crippen MR) is 97.8 cm³/mol. The summed E-state index contributed by atoms with van der Waals surface area (Å²) in [5.74, 6) is -2.66. The molecule has 6 heteroatoms. The molecule has 0 unspecified atom stereocenters. The van der Waals surface area contributed by atoms with Crippen LogP contribution >= 0.6 is 0 Å². The minimum absolute atomic E-state index is 0.0605. The second-order valence-electron chi connectivity index (χ2n) is 6.43. The normalized spacial score (nSPS) is 16.0. The Balaban J connectivity index is 1.88. The zero-order valence-corrected chi connectivity index (χ0v) is 14.5. The number of nitrogens with zero attached hydrogens (tertiary/aromatic N) is 2. The third-order valence-corrected chi connectivity index (χ3v) is 4.75. The van der Waals surface area contributed by atoms with Gasteiger partial charge >= 0.3 is 0 Å². The average molecular weight is 378 g/mol. The second kappa shape index (κ2) is 6.86. The first-order valence-electron chi connectivity index (χ1n) is 8.58. The zero-order valence-electron chi connectivity index (χ0n) is 14.5. The van der Waals surface area contributed by atoms with Crippen molar-refractivity contribution in [2.45, 2.75) is 6.42 Å². The van der Waals surface area contributed by atoms with Crippen molar-refractivity contribution in [3.63, 3.8) is 0 Å². The quantitative estimate of drug-likeness (QED) is 0.769. The molecule has 28 heavy (non-hydrogen) atoms. The Morgan fingerprint density at radius 3 is 2.36 bits per heavy atom. The van der Waals surface area contributed by atoms with Gasteiger partial charge in [-0.15, -0.1) is 0 Å². The van der Waals surface area contributed by atoms with Crippen molar-refractivity contribution < 1.29 is 18.0 Å². The molecule has 0 aliphatic carbocycles. The topological polar surface area (TPSA) is 44.1 Å². The van der Waals surface area contributed by atoms with E-state index in [-0.39, 0.29) is 29.2 Å². The molecule has 0 saturated heterocycles. The highest BCUT2D eigenvalue weighted by molar-refractivity contribution is 6.23. The molecule has 0 amide bonds. The highest BCUT2D eigenvalue weighted by atomic mass is 19.1. The summed E-state index contributed by atoms with van der Waals surface area (Å²) in [5, 5.41) is 8.89. The largest absolute Gasteiger partial charge is 0.340 e. The molecular weight excluding hydrogens is 365 g/mol. The SMILES string of the molecule is N#Cc1cc(F)c(C2=C3C=CC=C(c4ccc(F)cc4)N3CCC2=O)c(F)c1. The Kier molecular flexibility index (Phi) is 4.36. The fourth-order valence-corrected chi connectivity index (χ4v) is 3.50. The van der Waals surface area contributed by atoms with E-state index in [9.17, 15) is 18.0 Å². The van der Waals surface area contributed by atoms with Crippen LogP contribution in [0.2, 0.25) is 0 Å². The van der Waals surface area contributed by atoms with Crippen LogP contribution in [0.25, 0.3) is 11.3 Å². The van der Waals surface area contributed by atoms with Crippen molar-refractivity contribution in [1.82, 2.24) is 4.90 Å². The van der Waals surface area contributed by atoms with Gasteiger partial charge < -0.3 is 4.90 Å². The van der Waals surface area contributed by atoms with E-state index in [1.807, 2.05) is 0 Å². The summed E-state index contributed by atoms with van der Waals surface area (Å²) in [6.45, 7) is 0.338. The predicted octanol–water partition coefficient (Wildman–Crippen LogP) is 4.57. The van der Waals surface area contributed by atoms with Crippen molar-refractivity contribution in [3.8, 4) is 6.07 Å². The van der Waals surface area contributed by atoms with Crippen LogP contribution in [0.4, 0.5) is 13.2 Å². The molecule has 0 spiro atoms. The molecule has 2 heterocycles. The molecule has 2 aliphatic rings. The number of nitriles is 1. The van der Waals surface area contributed by atoms with Crippen LogP contribution in [-0.2, 0) is 4.79 Å². The molecule has 0 bridgehead atoms. The summed E-state index contributed by atoms with van der Waals surface area (Å²) >= 11 is 0. The first-order valence-corrected chi connectivity index (χ1v) is 8.58. The zero-order chi connectivity index (χ0) is 19.8. The molecule has 2 aliphatic heterocycles. The molecule has 4 rings (SSSR count). The first-order chi connectivity index (χ1) is 13.5. The van der Waals surface area contributed by atoms with Gasteiger partial charge in [-0.2, -0.15) is 5.26 Å². The molecule has 2 aromatic rings. The fraction of sp³-hybridized carbons (Fsp3) is 0.0909. The molecule has 0 saturated carbocycles. The summed E-state index contributed by atoms with van der Waals surface area (Å²) in [6, 6.07) is 9.40. The van der Waals surface area contributed by atoms with E-state index in [1.54, 1.807) is 41.3 Å². The molecule has 138 valence electrons. The highest BCUT2D eigenvalue weighted by Gasteiger charge is 2.32. The summed E-state index contributed by atoms with van der Waals surface area (Å²) in [7, 11) is 0. The number of hydrogen-bond acceptors (Lipinski definition) is 3. The summed E-state index contributed by atoms with van der Waals surface area (Å²) < 4.78 is 42.5. The maximum absolute atomic E-state index is 14.6. The number of Topliss-reactive ketones (excluding diaryl/α,β-unsaturated/α-hetero) is 1. The summed E-state index contributed by atoms with van der Waals surface area (Å²) in [6.07, 6.45) is 5.18. The van der Waals surface area contributed by atoms with Gasteiger partial charge in [-0.25, -0.2) is 13.2 Å². The van der Waals surface area contributed by atoms with Crippen LogP contribution in [0.15, 0.2) is 60.3 Å². The number of carbonyl (C=O) groups is 1. The van der Waals surface area contributed by atoms with Crippen molar-refractivity contribution >= 4 is 17.1 Å². The molecular formula is C22H13F3N2O. The standard InChI is InChI=1S/C22H13F3N2O/c23-15-6-4-14(5-7-15)18-2-1-3-19-22(20(28)8-9-27(18)19)21-16(24)10-13(12-26)11-17(21)25/h1-7,10-11H,8-9H2. The van der Waals surface area contributed by atoms with Crippen molar-refractivity contribution in [1.29, 1.82) is 5.26 Å². The number of fused-ring (bicyclic) bond motifs is 1. The third kappa shape index (κ3) is 2.91. The molecule has 3 nitrogen and oxygen atoms in total. The van der Waals surface area contributed by atoms with Crippen LogP contribution < -0.4 is 0 Å². The Bertz CT molecular complexity index is 1100. The number of allylic oxidation sites excluding steroid dienone is 4. The minimum Gasteiger partial charge on any atom is -0.340 e. The van der Waals surface area contributed by atoms with E-state index in [0.717, 1.165) is 17.7 Å². The molecule has 0 aromatic heterocycles. The third-order valence-electron chi connectivity index (χ3n) is 4.75. The Morgan fingerprint density at radius 2 is 1.71 bits per heavy atom. The van der Waals surface area contributed by atoms with Crippen LogP contribution in [-0.4, -0.2) is 17.2 Å². The molecule has 2 aromatic carbocycles. The van der Waals surface area contributed by atoms with Gasteiger partial charge in [0.05, 0.1) is 28.5 Å². The first kappa shape index (κ1) is 17.8. The van der Waals surface area contributed by atoms with Crippen LogP contribution in [0.5, 0.6) is 0 Å². The number of ketones is 1. The maximum atomic E-state index is 14.6. The van der Waals surface area contributed by atoms with Crippen LogP contribution in [0.3, 0.4) is 0 Å². The van der Waals surface area contributed by atoms with E-state index in [0.29, 0.717) is 17.9 Å². The lowest BCUT2D eigenvalue weighted by Gasteiger charge is -2.35. The Hall–Kier alpha value is -3.59. The van der Waals surface area contributed by atoms with Crippen LogP contribution in [0, 0.1) is 28.8 Å². The Labute approximate surface area is 159 Å². The number of benzene rings is 2. The second-order valence-corrected chi connectivity index (χ2v) is 6.43. The summed E-state index contributed by atoms with van der Waals surface area (Å²) in [4.78, 5) is 14.4. The fourth-order valence-electron chi connectivity index (χ4n) is 3.50. The number of carbonyl (C=O) groups excluding carboxylic acids is 1. The summed E-state index contributed by atoms with van der Waals surface area (Å²) in [5.41, 5.74) is 1.15.